The van der Waals surface area contributed by atoms with Crippen molar-refractivity contribution in [1.82, 2.24) is 14.9 Å². The fourth-order valence-electron chi connectivity index (χ4n) is 3.11. The highest BCUT2D eigenvalue weighted by molar-refractivity contribution is 7.98. The van der Waals surface area contributed by atoms with Gasteiger partial charge < -0.3 is 15.4 Å². The molecule has 1 aliphatic rings. The van der Waals surface area contributed by atoms with E-state index in [1.807, 2.05) is 20.1 Å². The number of likely N-dealkylation sites (tertiary alicyclic amines) is 1. The quantitative estimate of drug-likeness (QED) is 0.417. The number of hydrogen-bond acceptors (Lipinski definition) is 7. The summed E-state index contributed by atoms with van der Waals surface area (Å²) in [4.78, 5) is 45.7. The lowest BCUT2D eigenvalue weighted by Crippen LogP contribution is -2.43. The first-order valence-corrected chi connectivity index (χ1v) is 10.1. The lowest BCUT2D eigenvalue weighted by Gasteiger charge is -2.30. The average Bonchev–Trinajstić information content (AvgIpc) is 2.65. The number of rotatable bonds is 7. The molecular formula is C18H26N4O4S. The third-order valence-corrected chi connectivity index (χ3v) is 5.32. The number of aromatic nitrogens is 2. The van der Waals surface area contributed by atoms with Gasteiger partial charge in [0.05, 0.1) is 0 Å². The molecule has 1 fully saturated rings. The monoisotopic (exact) mass is 394 g/mol. The third-order valence-electron chi connectivity index (χ3n) is 4.77. The number of piperidine rings is 1. The normalized spacial score (nSPS) is 14.9. The molecule has 0 radical (unpaired) electrons. The highest BCUT2D eigenvalue weighted by atomic mass is 32.2. The first-order chi connectivity index (χ1) is 12.8. The molecule has 0 bridgehead atoms. The molecule has 0 unspecified atom stereocenters. The van der Waals surface area contributed by atoms with Crippen molar-refractivity contribution in [2.45, 2.75) is 44.7 Å². The van der Waals surface area contributed by atoms with E-state index in [2.05, 4.69) is 9.97 Å². The van der Waals surface area contributed by atoms with Crippen LogP contribution in [0, 0.1) is 19.8 Å². The van der Waals surface area contributed by atoms with Crippen LogP contribution >= 0.6 is 11.8 Å². The minimum absolute atomic E-state index is 0.167. The van der Waals surface area contributed by atoms with Gasteiger partial charge in [0.1, 0.15) is 0 Å². The molecule has 8 nitrogen and oxygen atoms in total. The first-order valence-electron chi connectivity index (χ1n) is 8.92. The number of ether oxygens (including phenoxy) is 1. The molecule has 2 amide bonds. The van der Waals surface area contributed by atoms with Crippen molar-refractivity contribution in [1.29, 1.82) is 0 Å². The Labute approximate surface area is 163 Å². The van der Waals surface area contributed by atoms with Crippen LogP contribution in [-0.2, 0) is 25.5 Å². The molecule has 0 aromatic carbocycles. The molecule has 148 valence electrons. The van der Waals surface area contributed by atoms with Crippen molar-refractivity contribution < 1.29 is 19.1 Å². The molecule has 0 aliphatic carbocycles. The Balaban J connectivity index is 1.77. The number of hydrogen-bond donors (Lipinski definition) is 1. The number of thioether (sulfide) groups is 1. The van der Waals surface area contributed by atoms with Crippen molar-refractivity contribution >= 4 is 29.5 Å². The second kappa shape index (κ2) is 9.68. The van der Waals surface area contributed by atoms with E-state index in [0.29, 0.717) is 37.5 Å². The molecule has 27 heavy (non-hydrogen) atoms. The van der Waals surface area contributed by atoms with E-state index < -0.39 is 5.97 Å². The number of carbonyl (C=O) groups is 3. The summed E-state index contributed by atoms with van der Waals surface area (Å²) in [6.07, 6.45) is 3.67. The molecule has 2 heterocycles. The Bertz CT molecular complexity index is 694. The summed E-state index contributed by atoms with van der Waals surface area (Å²) in [6, 6.07) is 0. The summed E-state index contributed by atoms with van der Waals surface area (Å²) in [5.41, 5.74) is 7.93. The molecule has 1 saturated heterocycles. The smallest absolute Gasteiger partial charge is 0.306 e. The van der Waals surface area contributed by atoms with Crippen LogP contribution in [-0.4, -0.2) is 58.6 Å². The Morgan fingerprint density at radius 2 is 1.78 bits per heavy atom. The van der Waals surface area contributed by atoms with Crippen molar-refractivity contribution in [3.8, 4) is 0 Å². The Morgan fingerprint density at radius 1 is 1.19 bits per heavy atom. The molecule has 1 aliphatic heterocycles. The van der Waals surface area contributed by atoms with Gasteiger partial charge in [0.2, 0.25) is 5.91 Å². The van der Waals surface area contributed by atoms with Crippen LogP contribution in [0.2, 0.25) is 0 Å². The minimum Gasteiger partial charge on any atom is -0.456 e. The summed E-state index contributed by atoms with van der Waals surface area (Å²) in [5.74, 6) is -1.18. The van der Waals surface area contributed by atoms with E-state index in [-0.39, 0.29) is 30.8 Å². The molecule has 0 saturated carbocycles. The SMILES string of the molecule is CSc1nc(C)c(CCC(=O)OCC(=O)N2CCC(C(N)=O)CC2)c(C)n1. The van der Waals surface area contributed by atoms with Gasteiger partial charge in [-0.15, -0.1) is 0 Å². The van der Waals surface area contributed by atoms with E-state index >= 15 is 0 Å². The predicted molar refractivity (Wildman–Crippen MR) is 101 cm³/mol. The standard InChI is InChI=1S/C18H26N4O4S/c1-11-14(12(2)21-18(20-11)27-3)4-5-16(24)26-10-15(23)22-8-6-13(7-9-22)17(19)25/h13H,4-10H2,1-3H3,(H2,19,25). The van der Waals surface area contributed by atoms with Gasteiger partial charge in [0.25, 0.3) is 5.91 Å². The molecule has 2 N–H and O–H groups in total. The second-order valence-corrected chi connectivity index (χ2v) is 7.35. The largest absolute Gasteiger partial charge is 0.456 e. The molecule has 0 spiro atoms. The first kappa shape index (κ1) is 21.1. The van der Waals surface area contributed by atoms with Crippen LogP contribution < -0.4 is 5.73 Å². The second-order valence-electron chi connectivity index (χ2n) is 6.58. The van der Waals surface area contributed by atoms with Crippen LogP contribution in [0.1, 0.15) is 36.2 Å². The predicted octanol–water partition coefficient (Wildman–Crippen LogP) is 1.02. The van der Waals surface area contributed by atoms with E-state index in [4.69, 9.17) is 10.5 Å². The zero-order valence-electron chi connectivity index (χ0n) is 16.0. The number of esters is 1. The summed E-state index contributed by atoms with van der Waals surface area (Å²) in [7, 11) is 0. The van der Waals surface area contributed by atoms with Crippen LogP contribution in [0.25, 0.3) is 0 Å². The van der Waals surface area contributed by atoms with Crippen molar-refractivity contribution in [2.75, 3.05) is 26.0 Å². The lowest BCUT2D eigenvalue weighted by molar-refractivity contribution is -0.152. The number of carbonyl (C=O) groups excluding carboxylic acids is 3. The maximum Gasteiger partial charge on any atom is 0.306 e. The van der Waals surface area contributed by atoms with Gasteiger partial charge >= 0.3 is 5.97 Å². The topological polar surface area (TPSA) is 115 Å². The Morgan fingerprint density at radius 3 is 2.30 bits per heavy atom. The Kier molecular flexibility index (Phi) is 7.58. The van der Waals surface area contributed by atoms with Gasteiger partial charge in [-0.05, 0) is 44.9 Å². The molecule has 1 aromatic rings. The number of amides is 2. The average molecular weight is 394 g/mol. The number of nitrogens with zero attached hydrogens (tertiary/aromatic N) is 3. The fourth-order valence-corrected chi connectivity index (χ4v) is 3.56. The molecule has 2 rings (SSSR count). The minimum atomic E-state index is -0.428. The summed E-state index contributed by atoms with van der Waals surface area (Å²) < 4.78 is 5.11. The maximum absolute atomic E-state index is 12.1. The maximum atomic E-state index is 12.1. The fraction of sp³-hybridized carbons (Fsp3) is 0.611. The number of aryl methyl sites for hydroxylation is 2. The van der Waals surface area contributed by atoms with E-state index in [9.17, 15) is 14.4 Å². The third kappa shape index (κ3) is 5.92. The van der Waals surface area contributed by atoms with Crippen LogP contribution in [0.5, 0.6) is 0 Å². The highest BCUT2D eigenvalue weighted by Gasteiger charge is 2.26. The van der Waals surface area contributed by atoms with Gasteiger partial charge in [-0.1, -0.05) is 11.8 Å². The van der Waals surface area contributed by atoms with Gasteiger partial charge in [0.15, 0.2) is 11.8 Å². The summed E-state index contributed by atoms with van der Waals surface area (Å²) >= 11 is 1.48. The van der Waals surface area contributed by atoms with E-state index in [1.165, 1.54) is 11.8 Å². The summed E-state index contributed by atoms with van der Waals surface area (Å²) in [5, 5.41) is 0.710. The summed E-state index contributed by atoms with van der Waals surface area (Å²) in [6.45, 7) is 4.44. The van der Waals surface area contributed by atoms with Gasteiger partial charge in [-0.2, -0.15) is 0 Å². The van der Waals surface area contributed by atoms with Gasteiger partial charge in [-0.3, -0.25) is 14.4 Å². The molecular weight excluding hydrogens is 368 g/mol. The Hall–Kier alpha value is -2.16. The van der Waals surface area contributed by atoms with E-state index in [1.54, 1.807) is 4.90 Å². The number of nitrogens with two attached hydrogens (primary N) is 1. The van der Waals surface area contributed by atoms with E-state index in [0.717, 1.165) is 17.0 Å². The van der Waals surface area contributed by atoms with Crippen LogP contribution in [0.15, 0.2) is 5.16 Å². The highest BCUT2D eigenvalue weighted by Crippen LogP contribution is 2.18. The lowest BCUT2D eigenvalue weighted by atomic mass is 9.96. The van der Waals surface area contributed by atoms with Gasteiger partial charge in [-0.25, -0.2) is 9.97 Å². The van der Waals surface area contributed by atoms with Gasteiger partial charge in [0, 0.05) is 36.8 Å². The van der Waals surface area contributed by atoms with Crippen LogP contribution in [0.4, 0.5) is 0 Å². The van der Waals surface area contributed by atoms with Crippen molar-refractivity contribution in [3.05, 3.63) is 17.0 Å². The zero-order chi connectivity index (χ0) is 20.0. The molecule has 0 atom stereocenters. The molecule has 1 aromatic heterocycles. The molecule has 9 heteroatoms. The van der Waals surface area contributed by atoms with Crippen molar-refractivity contribution in [3.63, 3.8) is 0 Å². The number of primary amides is 1. The van der Waals surface area contributed by atoms with Crippen LogP contribution in [0.3, 0.4) is 0 Å². The van der Waals surface area contributed by atoms with Crippen molar-refractivity contribution in [2.24, 2.45) is 11.7 Å². The zero-order valence-corrected chi connectivity index (χ0v) is 16.8.